The van der Waals surface area contributed by atoms with Crippen LogP contribution in [0.25, 0.3) is 0 Å². The van der Waals surface area contributed by atoms with Gasteiger partial charge in [-0.25, -0.2) is 4.99 Å². The second kappa shape index (κ2) is 18.4. The highest BCUT2D eigenvalue weighted by atomic mass is 19.4. The molecule has 0 aliphatic rings. The number of phenolic OH excluding ortho intramolecular Hbond substituents is 3. The monoisotopic (exact) mass is 824 g/mol. The van der Waals surface area contributed by atoms with Crippen LogP contribution in [-0.4, -0.2) is 38.2 Å². The first-order chi connectivity index (χ1) is 25.3. The van der Waals surface area contributed by atoms with Crippen LogP contribution in [0.3, 0.4) is 0 Å². The number of hydrogen-bond donors (Lipinski definition) is 6. The van der Waals surface area contributed by atoms with Crippen LogP contribution < -0.4 is 21.9 Å². The number of ether oxygens (including phenoxy) is 1. The Kier molecular flexibility index (Phi) is 15.5. The fraction of sp³-hybridized carbons (Fsp3) is 0.167. The minimum Gasteiger partial charge on any atom is -0.508 e. The first-order valence-corrected chi connectivity index (χ1v) is 14.0. The Balaban J connectivity index is 0.000000375. The van der Waals surface area contributed by atoms with Crippen molar-refractivity contribution in [1.82, 2.24) is 0 Å². The highest BCUT2D eigenvalue weighted by Gasteiger charge is 2.34. The third kappa shape index (κ3) is 16.0. The molecular formula is C30H24F12N6O8. The van der Waals surface area contributed by atoms with Gasteiger partial charge >= 0.3 is 24.7 Å². The number of benzene rings is 4. The van der Waals surface area contributed by atoms with Crippen LogP contribution in [-0.2, 0) is 24.7 Å². The van der Waals surface area contributed by atoms with Gasteiger partial charge in [-0.3, -0.25) is 20.2 Å². The number of nitro groups is 2. The minimum atomic E-state index is -4.70. The molecule has 4 aromatic carbocycles. The molecule has 0 saturated heterocycles. The standard InChI is InChI=1S/C8H8F3N3O.C8H6F3NO3.C7H4F3NO3.C7H6F3NO/c9-8(10,11)4-1-5(14-7(12)13)3-6(15)2-4;1-15-7-3-5(8(9,10)11)2-6(4-7)12(13)14;8-7(9,10)4-1-5(11(13)14)3-6(12)2-4;8-7(9,10)4-1-5(11)3-6(12)2-4/h1-3,15H,(H4,12,13,14);2-4H,1H3;1-3,12H;1-3,12H,11H2. The van der Waals surface area contributed by atoms with Gasteiger partial charge < -0.3 is 37.3 Å². The lowest BCUT2D eigenvalue weighted by Crippen LogP contribution is -2.21. The number of rotatable bonds is 4. The molecule has 0 atom stereocenters. The van der Waals surface area contributed by atoms with Crippen LogP contribution in [0.4, 0.5) is 75.4 Å². The fourth-order valence-electron chi connectivity index (χ4n) is 3.61. The molecule has 0 fully saturated rings. The average molecular weight is 825 g/mol. The molecule has 0 heterocycles. The predicted octanol–water partition coefficient (Wildman–Crippen LogP) is 8.25. The van der Waals surface area contributed by atoms with Crippen molar-refractivity contribution < 1.29 is 82.6 Å². The van der Waals surface area contributed by atoms with E-state index < -0.39 is 85.4 Å². The van der Waals surface area contributed by atoms with Gasteiger partial charge in [0.1, 0.15) is 23.0 Å². The second-order valence-electron chi connectivity index (χ2n) is 10.3. The number of hydrogen-bond acceptors (Lipinski definition) is 10. The van der Waals surface area contributed by atoms with Gasteiger partial charge in [0, 0.05) is 30.0 Å². The molecule has 0 spiro atoms. The zero-order chi connectivity index (χ0) is 43.6. The largest absolute Gasteiger partial charge is 0.508 e. The molecule has 4 aromatic rings. The molecule has 0 radical (unpaired) electrons. The van der Waals surface area contributed by atoms with Crippen LogP contribution in [0.2, 0.25) is 0 Å². The highest BCUT2D eigenvalue weighted by Crippen LogP contribution is 2.37. The van der Waals surface area contributed by atoms with E-state index in [-0.39, 0.29) is 23.1 Å². The summed E-state index contributed by atoms with van der Waals surface area (Å²) in [6, 6.07) is 8.30. The van der Waals surface area contributed by atoms with Crippen LogP contribution in [0.15, 0.2) is 77.8 Å². The number of nitrogen functional groups attached to an aromatic ring is 1. The van der Waals surface area contributed by atoms with Crippen molar-refractivity contribution in [1.29, 1.82) is 0 Å². The third-order valence-electron chi connectivity index (χ3n) is 5.86. The first kappa shape index (κ1) is 47.1. The number of aliphatic imine (C=N–C) groups is 1. The molecular weight excluding hydrogens is 800 g/mol. The summed E-state index contributed by atoms with van der Waals surface area (Å²) in [6.45, 7) is 0. The number of alkyl halides is 12. The molecule has 14 nitrogen and oxygen atoms in total. The van der Waals surface area contributed by atoms with E-state index in [1.165, 1.54) is 0 Å². The predicted molar refractivity (Wildman–Crippen MR) is 171 cm³/mol. The summed E-state index contributed by atoms with van der Waals surface area (Å²) in [4.78, 5) is 22.0. The van der Waals surface area contributed by atoms with E-state index in [0.717, 1.165) is 37.4 Å². The molecule has 0 unspecified atom stereocenters. The number of non-ortho nitro benzene ring substituents is 2. The molecule has 56 heavy (non-hydrogen) atoms. The topological polar surface area (TPSA) is 247 Å². The van der Waals surface area contributed by atoms with Gasteiger partial charge in [0.05, 0.1) is 57.0 Å². The van der Waals surface area contributed by atoms with Crippen LogP contribution in [0.1, 0.15) is 22.3 Å². The van der Waals surface area contributed by atoms with Gasteiger partial charge in [-0.2, -0.15) is 52.7 Å². The number of nitrogens with zero attached hydrogens (tertiary/aromatic N) is 3. The Labute approximate surface area is 304 Å². The number of nitrogens with two attached hydrogens (primary N) is 3. The maximum Gasteiger partial charge on any atom is 0.416 e. The summed E-state index contributed by atoms with van der Waals surface area (Å²) in [5.41, 5.74) is 9.08. The Hall–Kier alpha value is -6.89. The van der Waals surface area contributed by atoms with Crippen molar-refractivity contribution in [2.24, 2.45) is 16.5 Å². The quantitative estimate of drug-likeness (QED) is 0.0286. The Morgan fingerprint density at radius 3 is 1.30 bits per heavy atom. The van der Waals surface area contributed by atoms with Crippen molar-refractivity contribution in [3.63, 3.8) is 0 Å². The lowest BCUT2D eigenvalue weighted by molar-refractivity contribution is -0.385. The van der Waals surface area contributed by atoms with Crippen molar-refractivity contribution in [2.75, 3.05) is 12.8 Å². The van der Waals surface area contributed by atoms with Crippen LogP contribution >= 0.6 is 0 Å². The molecule has 0 saturated carbocycles. The summed E-state index contributed by atoms with van der Waals surface area (Å²) in [6.07, 6.45) is -18.3. The molecule has 9 N–H and O–H groups in total. The van der Waals surface area contributed by atoms with Gasteiger partial charge in [0.15, 0.2) is 5.96 Å². The molecule has 0 amide bonds. The fourth-order valence-corrected chi connectivity index (χ4v) is 3.61. The van der Waals surface area contributed by atoms with Gasteiger partial charge in [-0.1, -0.05) is 0 Å². The number of methoxy groups -OCH3 is 1. The van der Waals surface area contributed by atoms with Gasteiger partial charge in [0.2, 0.25) is 0 Å². The minimum absolute atomic E-state index is 0.109. The maximum absolute atomic E-state index is 12.3. The van der Waals surface area contributed by atoms with Crippen molar-refractivity contribution in [3.8, 4) is 23.0 Å². The van der Waals surface area contributed by atoms with E-state index in [1.54, 1.807) is 0 Å². The Bertz CT molecular complexity index is 2010. The summed E-state index contributed by atoms with van der Waals surface area (Å²) in [5.74, 6) is -2.40. The van der Waals surface area contributed by atoms with Crippen molar-refractivity contribution in [3.05, 3.63) is 115 Å². The van der Waals surface area contributed by atoms with Crippen LogP contribution in [0.5, 0.6) is 23.0 Å². The van der Waals surface area contributed by atoms with E-state index in [2.05, 4.69) is 9.73 Å². The van der Waals surface area contributed by atoms with Crippen molar-refractivity contribution in [2.45, 2.75) is 24.7 Å². The van der Waals surface area contributed by atoms with Crippen molar-refractivity contribution >= 4 is 28.7 Å². The number of halogens is 12. The molecule has 0 aliphatic carbocycles. The molecule has 0 bridgehead atoms. The van der Waals surface area contributed by atoms with E-state index >= 15 is 0 Å². The first-order valence-electron chi connectivity index (χ1n) is 14.0. The number of phenols is 3. The molecule has 26 heteroatoms. The van der Waals surface area contributed by atoms with Gasteiger partial charge in [-0.15, -0.1) is 0 Å². The highest BCUT2D eigenvalue weighted by molar-refractivity contribution is 5.79. The number of aromatic hydroxyl groups is 3. The maximum atomic E-state index is 12.3. The van der Waals surface area contributed by atoms with Gasteiger partial charge in [-0.05, 0) is 36.4 Å². The number of anilines is 1. The Morgan fingerprint density at radius 1 is 0.571 bits per heavy atom. The molecule has 0 aromatic heterocycles. The lowest BCUT2D eigenvalue weighted by atomic mass is 10.2. The zero-order valence-electron chi connectivity index (χ0n) is 27.4. The molecule has 4 rings (SSSR count). The van der Waals surface area contributed by atoms with E-state index in [9.17, 15) is 72.9 Å². The van der Waals surface area contributed by atoms with Crippen LogP contribution in [0, 0.1) is 20.2 Å². The average Bonchev–Trinajstić information content (AvgIpc) is 3.02. The summed E-state index contributed by atoms with van der Waals surface area (Å²) < 4.78 is 150. The molecule has 0 aliphatic heterocycles. The smallest absolute Gasteiger partial charge is 0.416 e. The van der Waals surface area contributed by atoms with E-state index in [0.29, 0.717) is 42.5 Å². The number of guanidine groups is 1. The summed E-state index contributed by atoms with van der Waals surface area (Å²) in [7, 11) is 1.14. The third-order valence-corrected chi connectivity index (χ3v) is 5.86. The number of nitro benzene ring substituents is 2. The summed E-state index contributed by atoms with van der Waals surface area (Å²) in [5, 5.41) is 47.1. The second-order valence-corrected chi connectivity index (χ2v) is 10.3. The summed E-state index contributed by atoms with van der Waals surface area (Å²) >= 11 is 0. The van der Waals surface area contributed by atoms with Gasteiger partial charge in [0.25, 0.3) is 11.4 Å². The van der Waals surface area contributed by atoms with E-state index in [4.69, 9.17) is 32.5 Å². The zero-order valence-corrected chi connectivity index (χ0v) is 27.4. The lowest BCUT2D eigenvalue weighted by Gasteiger charge is -2.08. The molecule has 306 valence electrons. The van der Waals surface area contributed by atoms with E-state index in [1.807, 2.05) is 0 Å². The normalized spacial score (nSPS) is 11.3. The Morgan fingerprint density at radius 2 is 0.929 bits per heavy atom. The SMILES string of the molecule is COc1cc([N+](=O)[O-])cc(C(F)(F)F)c1.NC(N)=Nc1cc(O)cc(C(F)(F)F)c1.Nc1cc(O)cc(C(F)(F)F)c1.O=[N+]([O-])c1cc(O)cc(C(F)(F)F)c1.